The molecule has 0 aromatic heterocycles. The van der Waals surface area contributed by atoms with Crippen LogP contribution in [0.4, 0.5) is 0 Å². The van der Waals surface area contributed by atoms with Crippen LogP contribution in [-0.4, -0.2) is 43.1 Å². The zero-order valence-corrected chi connectivity index (χ0v) is 12.8. The molecule has 0 spiro atoms. The van der Waals surface area contributed by atoms with Gasteiger partial charge in [-0.05, 0) is 0 Å². The number of hydrogen-bond donors (Lipinski definition) is 2. The van der Waals surface area contributed by atoms with Crippen molar-refractivity contribution in [3.8, 4) is 0 Å². The number of nitrogens with one attached hydrogen (secondary N) is 1. The van der Waals surface area contributed by atoms with E-state index in [1.807, 2.05) is 0 Å². The van der Waals surface area contributed by atoms with Crippen LogP contribution in [0.25, 0.3) is 0 Å². The van der Waals surface area contributed by atoms with E-state index < -0.39 is 31.6 Å². The third kappa shape index (κ3) is 4.36. The van der Waals surface area contributed by atoms with Crippen LogP contribution in [0.2, 0.25) is 0 Å². The summed E-state index contributed by atoms with van der Waals surface area (Å²) in [5, 5.41) is 2.55. The van der Waals surface area contributed by atoms with Crippen LogP contribution in [0, 0.1) is 12.5 Å². The van der Waals surface area contributed by atoms with Crippen molar-refractivity contribution < 1.29 is 32.8 Å². The van der Waals surface area contributed by atoms with Gasteiger partial charge in [0.15, 0.2) is 0 Å². The van der Waals surface area contributed by atoms with Crippen LogP contribution in [0.15, 0.2) is 0 Å². The van der Waals surface area contributed by atoms with E-state index in [1.54, 1.807) is 13.8 Å². The molecule has 1 rings (SSSR count). The molecular formula is C11H21NO7P. The first kappa shape index (κ1) is 17.3. The molecule has 1 amide bonds. The normalized spacial score (nSPS) is 25.6. The Morgan fingerprint density at radius 1 is 1.55 bits per heavy atom. The van der Waals surface area contributed by atoms with Crippen LogP contribution in [0.5, 0.6) is 0 Å². The number of rotatable bonds is 5. The van der Waals surface area contributed by atoms with Gasteiger partial charge >= 0.3 is 117 Å². The van der Waals surface area contributed by atoms with Gasteiger partial charge in [0.2, 0.25) is 0 Å². The second-order valence-electron chi connectivity index (χ2n) is 5.06. The molecule has 20 heavy (non-hydrogen) atoms. The Hall–Kier alpha value is -0.790. The summed E-state index contributed by atoms with van der Waals surface area (Å²) >= 11 is 0. The number of methoxy groups -OCH3 is 1. The molecule has 1 atom stereocenters. The molecule has 1 heterocycles. The molecule has 1 saturated heterocycles. The van der Waals surface area contributed by atoms with Crippen LogP contribution in [0.1, 0.15) is 20.3 Å². The summed E-state index contributed by atoms with van der Waals surface area (Å²) < 4.78 is 19.4. The molecule has 0 bridgehead atoms. The van der Waals surface area contributed by atoms with Gasteiger partial charge in [-0.25, -0.2) is 0 Å². The van der Waals surface area contributed by atoms with Gasteiger partial charge in [0.25, 0.3) is 0 Å². The molecule has 1 fully saturated rings. The van der Waals surface area contributed by atoms with Gasteiger partial charge in [-0.3, -0.25) is 0 Å². The molecule has 1 aliphatic heterocycles. The molecule has 8 nitrogen and oxygen atoms in total. The van der Waals surface area contributed by atoms with Crippen LogP contribution in [-0.2, 0) is 27.9 Å². The Morgan fingerprint density at radius 2 is 2.20 bits per heavy atom. The standard InChI is InChI=1S/C11H21NO7P/c1-11(2)7-18-20(15,17-4)19-9(11)10(14)12-6-5-8(13)16-3/h9,15,20H,4-7H2,1-3H3,(H,12,14)/t9-/m0/s1. The van der Waals surface area contributed by atoms with Gasteiger partial charge in [-0.2, -0.15) is 0 Å². The number of hydrogen-bond acceptors (Lipinski definition) is 7. The zero-order chi connectivity index (χ0) is 15.4. The monoisotopic (exact) mass is 310 g/mol. The number of carbonyl (C=O) groups excluding carboxylic acids is 2. The summed E-state index contributed by atoms with van der Waals surface area (Å²) in [7, 11) is 0.501. The average molecular weight is 310 g/mol. The van der Waals surface area contributed by atoms with E-state index in [-0.39, 0.29) is 19.6 Å². The average Bonchev–Trinajstić information content (AvgIpc) is 2.41. The Balaban J connectivity index is 2.61. The van der Waals surface area contributed by atoms with E-state index in [2.05, 4.69) is 21.7 Å². The minimum absolute atomic E-state index is 0.0550. The van der Waals surface area contributed by atoms with E-state index in [0.29, 0.717) is 0 Å². The quantitative estimate of drug-likeness (QED) is 0.556. The van der Waals surface area contributed by atoms with Gasteiger partial charge in [-0.15, -0.1) is 0 Å². The second kappa shape index (κ2) is 6.78. The molecule has 0 aromatic rings. The maximum atomic E-state index is 12.1. The van der Waals surface area contributed by atoms with Gasteiger partial charge in [0.1, 0.15) is 0 Å². The van der Waals surface area contributed by atoms with E-state index in [4.69, 9.17) is 9.05 Å². The maximum absolute atomic E-state index is 12.1. The Kier molecular flexibility index (Phi) is 5.85. The molecule has 1 aliphatic rings. The van der Waals surface area contributed by atoms with E-state index in [0.717, 1.165) is 0 Å². The van der Waals surface area contributed by atoms with Crippen molar-refractivity contribution >= 4 is 20.0 Å². The molecule has 2 N–H and O–H groups in total. The zero-order valence-electron chi connectivity index (χ0n) is 11.8. The summed E-state index contributed by atoms with van der Waals surface area (Å²) in [4.78, 5) is 32.9. The Morgan fingerprint density at radius 3 is 2.75 bits per heavy atom. The summed E-state index contributed by atoms with van der Waals surface area (Å²) in [6.45, 7) is 3.73. The number of amides is 1. The van der Waals surface area contributed by atoms with Crippen molar-refractivity contribution in [2.24, 2.45) is 5.41 Å². The Bertz CT molecular complexity index is 376. The van der Waals surface area contributed by atoms with Crippen LogP contribution in [0.3, 0.4) is 0 Å². The van der Waals surface area contributed by atoms with Gasteiger partial charge < -0.3 is 0 Å². The summed E-state index contributed by atoms with van der Waals surface area (Å²) in [6, 6.07) is 0. The molecule has 0 unspecified atom stereocenters. The van der Waals surface area contributed by atoms with Crippen molar-refractivity contribution in [3.63, 3.8) is 0 Å². The van der Waals surface area contributed by atoms with E-state index >= 15 is 0 Å². The van der Waals surface area contributed by atoms with E-state index in [1.165, 1.54) is 7.11 Å². The number of carbonyl (C=O) groups is 2. The van der Waals surface area contributed by atoms with Crippen molar-refractivity contribution in [1.82, 2.24) is 5.32 Å². The SMILES string of the molecule is [CH2]O[PH]1(O)OCC(C)(C)[C@H](C(=O)NCCC(=O)OC)O1. The summed E-state index contributed by atoms with van der Waals surface area (Å²) in [6.07, 6.45) is -0.897. The third-order valence-electron chi connectivity index (χ3n) is 2.88. The summed E-state index contributed by atoms with van der Waals surface area (Å²) in [5.74, 6) is -0.880. The molecule has 0 saturated carbocycles. The first-order valence-electron chi connectivity index (χ1n) is 6.06. The van der Waals surface area contributed by atoms with Gasteiger partial charge in [0.05, 0.1) is 0 Å². The van der Waals surface area contributed by atoms with Crippen molar-refractivity contribution in [3.05, 3.63) is 7.11 Å². The van der Waals surface area contributed by atoms with Crippen molar-refractivity contribution in [1.29, 1.82) is 0 Å². The molecule has 9 heteroatoms. The van der Waals surface area contributed by atoms with Crippen LogP contribution >= 0.6 is 8.17 Å². The molecular weight excluding hydrogens is 289 g/mol. The van der Waals surface area contributed by atoms with E-state index in [9.17, 15) is 14.5 Å². The number of esters is 1. The molecule has 1 radical (unpaired) electrons. The van der Waals surface area contributed by atoms with Gasteiger partial charge in [-0.1, -0.05) is 0 Å². The predicted molar refractivity (Wildman–Crippen MR) is 71.2 cm³/mol. The van der Waals surface area contributed by atoms with Gasteiger partial charge in [0, 0.05) is 0 Å². The second-order valence-corrected chi connectivity index (χ2v) is 6.92. The van der Waals surface area contributed by atoms with Crippen molar-refractivity contribution in [2.75, 3.05) is 20.3 Å². The third-order valence-corrected chi connectivity index (χ3v) is 4.29. The molecule has 117 valence electrons. The van der Waals surface area contributed by atoms with Crippen molar-refractivity contribution in [2.45, 2.75) is 26.4 Å². The fraction of sp³-hybridized carbons (Fsp3) is 0.727. The molecule has 0 aliphatic carbocycles. The topological polar surface area (TPSA) is 103 Å². The fourth-order valence-corrected chi connectivity index (χ4v) is 3.16. The fourth-order valence-electron chi connectivity index (χ4n) is 1.66. The predicted octanol–water partition coefficient (Wildman–Crippen LogP) is 0.318. The molecule has 0 aromatic carbocycles. The number of ether oxygens (including phenoxy) is 1. The Labute approximate surface area is 118 Å². The first-order valence-corrected chi connectivity index (χ1v) is 7.73. The van der Waals surface area contributed by atoms with Crippen LogP contribution < -0.4 is 5.32 Å². The minimum atomic E-state index is -3.86. The summed E-state index contributed by atoms with van der Waals surface area (Å²) in [5.41, 5.74) is -0.646. The first-order chi connectivity index (χ1) is 9.24.